The number of aromatic nitrogens is 3. The molecule has 7 nitrogen and oxygen atoms in total. The molecule has 1 amide bonds. The molecule has 1 aromatic heterocycles. The van der Waals surface area contributed by atoms with E-state index in [4.69, 9.17) is 21.7 Å². The number of hydrogen-bond donors (Lipinski definition) is 2. The van der Waals surface area contributed by atoms with Crippen molar-refractivity contribution >= 4 is 18.1 Å². The molecule has 0 saturated heterocycles. The van der Waals surface area contributed by atoms with Crippen LogP contribution in [0.5, 0.6) is 11.5 Å². The summed E-state index contributed by atoms with van der Waals surface area (Å²) in [6, 6.07) is 11.9. The van der Waals surface area contributed by atoms with E-state index in [1.165, 1.54) is 0 Å². The minimum Gasteiger partial charge on any atom is -0.494 e. The number of rotatable bonds is 7. The molecule has 2 aromatic carbocycles. The Balaban J connectivity index is 1.49. The maximum absolute atomic E-state index is 12.7. The third-order valence-corrected chi connectivity index (χ3v) is 5.50. The van der Waals surface area contributed by atoms with Crippen LogP contribution in [0.3, 0.4) is 0 Å². The molecular formula is C23H26N4O3S. The zero-order chi connectivity index (χ0) is 22.0. The van der Waals surface area contributed by atoms with Crippen LogP contribution in [0.4, 0.5) is 0 Å². The van der Waals surface area contributed by atoms with Gasteiger partial charge in [0.15, 0.2) is 10.6 Å². The minimum atomic E-state index is -0.163. The second-order valence-corrected chi connectivity index (χ2v) is 8.10. The Morgan fingerprint density at radius 1 is 1.39 bits per heavy atom. The van der Waals surface area contributed by atoms with Crippen LogP contribution in [0.15, 0.2) is 36.4 Å². The van der Waals surface area contributed by atoms with Gasteiger partial charge in [0.1, 0.15) is 24.1 Å². The standard InChI is InChI=1S/C23H26N4O3S/c1-4-29-19-10-17-9-15(3)30-20(17)11-18(19)12-24-21(28)13-27-22(25-26-23(27)31)16-7-5-6-14(2)8-16/h5-8,10-11,15H,4,9,12-13H2,1-3H3,(H,24,28)(H,26,31)/t15-/m1/s1. The smallest absolute Gasteiger partial charge is 0.240 e. The maximum Gasteiger partial charge on any atom is 0.240 e. The first kappa shape index (κ1) is 21.1. The number of fused-ring (bicyclic) bond motifs is 1. The Morgan fingerprint density at radius 2 is 2.23 bits per heavy atom. The fourth-order valence-corrected chi connectivity index (χ4v) is 3.97. The Morgan fingerprint density at radius 3 is 3.00 bits per heavy atom. The molecule has 1 aliphatic rings. The van der Waals surface area contributed by atoms with Gasteiger partial charge in [-0.3, -0.25) is 14.5 Å². The molecule has 8 heteroatoms. The highest BCUT2D eigenvalue weighted by Crippen LogP contribution is 2.35. The molecule has 2 heterocycles. The Bertz CT molecular complexity index is 1170. The van der Waals surface area contributed by atoms with Crippen molar-refractivity contribution in [2.75, 3.05) is 6.61 Å². The molecule has 4 rings (SSSR count). The first-order valence-corrected chi connectivity index (χ1v) is 10.8. The number of nitrogens with one attached hydrogen (secondary N) is 2. The second kappa shape index (κ2) is 8.93. The van der Waals surface area contributed by atoms with E-state index in [2.05, 4.69) is 15.5 Å². The summed E-state index contributed by atoms with van der Waals surface area (Å²) in [4.78, 5) is 12.7. The van der Waals surface area contributed by atoms with E-state index in [-0.39, 0.29) is 18.6 Å². The van der Waals surface area contributed by atoms with Crippen LogP contribution < -0.4 is 14.8 Å². The highest BCUT2D eigenvalue weighted by atomic mass is 32.1. The molecule has 0 unspecified atom stereocenters. The fraction of sp³-hybridized carbons (Fsp3) is 0.348. The number of ether oxygens (including phenoxy) is 2. The molecule has 3 aromatic rings. The summed E-state index contributed by atoms with van der Waals surface area (Å²) in [5.74, 6) is 2.11. The van der Waals surface area contributed by atoms with Gasteiger partial charge < -0.3 is 14.8 Å². The molecule has 0 aliphatic carbocycles. The average molecular weight is 439 g/mol. The molecule has 1 aliphatic heterocycles. The van der Waals surface area contributed by atoms with Crippen molar-refractivity contribution in [1.82, 2.24) is 20.1 Å². The van der Waals surface area contributed by atoms with Gasteiger partial charge in [0.05, 0.1) is 6.61 Å². The molecule has 0 radical (unpaired) electrons. The van der Waals surface area contributed by atoms with E-state index in [1.807, 2.05) is 57.2 Å². The zero-order valence-corrected chi connectivity index (χ0v) is 18.7. The number of aromatic amines is 1. The first-order valence-electron chi connectivity index (χ1n) is 10.4. The molecular weight excluding hydrogens is 412 g/mol. The van der Waals surface area contributed by atoms with Gasteiger partial charge in [0, 0.05) is 29.7 Å². The van der Waals surface area contributed by atoms with Crippen LogP contribution in [0.1, 0.15) is 30.5 Å². The van der Waals surface area contributed by atoms with Crippen LogP contribution in [-0.4, -0.2) is 33.4 Å². The normalized spacial score (nSPS) is 14.7. The average Bonchev–Trinajstić information content (AvgIpc) is 3.27. The Hall–Kier alpha value is -3.13. The number of aryl methyl sites for hydroxylation is 1. The predicted molar refractivity (Wildman–Crippen MR) is 121 cm³/mol. The lowest BCUT2D eigenvalue weighted by Crippen LogP contribution is -2.27. The number of nitrogens with zero attached hydrogens (tertiary/aromatic N) is 2. The summed E-state index contributed by atoms with van der Waals surface area (Å²) in [6.07, 6.45) is 1.01. The van der Waals surface area contributed by atoms with Gasteiger partial charge >= 0.3 is 0 Å². The Labute approximate surface area is 186 Å². The van der Waals surface area contributed by atoms with Crippen molar-refractivity contribution in [1.29, 1.82) is 0 Å². The van der Waals surface area contributed by atoms with Gasteiger partial charge in [-0.25, -0.2) is 0 Å². The Kier molecular flexibility index (Phi) is 6.08. The van der Waals surface area contributed by atoms with E-state index in [0.717, 1.165) is 40.2 Å². The number of benzene rings is 2. The van der Waals surface area contributed by atoms with Gasteiger partial charge in [-0.15, -0.1) is 0 Å². The third-order valence-electron chi connectivity index (χ3n) is 5.19. The summed E-state index contributed by atoms with van der Waals surface area (Å²) < 4.78 is 13.8. The van der Waals surface area contributed by atoms with Crippen molar-refractivity contribution < 1.29 is 14.3 Å². The van der Waals surface area contributed by atoms with E-state index < -0.39 is 0 Å². The largest absolute Gasteiger partial charge is 0.494 e. The summed E-state index contributed by atoms with van der Waals surface area (Å²) in [5.41, 5.74) is 4.04. The lowest BCUT2D eigenvalue weighted by atomic mass is 10.1. The van der Waals surface area contributed by atoms with Gasteiger partial charge in [-0.05, 0) is 51.2 Å². The summed E-state index contributed by atoms with van der Waals surface area (Å²) in [5, 5.41) is 10.1. The molecule has 1 atom stereocenters. The lowest BCUT2D eigenvalue weighted by molar-refractivity contribution is -0.121. The quantitative estimate of drug-likeness (QED) is 0.546. The van der Waals surface area contributed by atoms with E-state index in [1.54, 1.807) is 4.57 Å². The van der Waals surface area contributed by atoms with Gasteiger partial charge in [-0.2, -0.15) is 5.10 Å². The lowest BCUT2D eigenvalue weighted by Gasteiger charge is -2.14. The summed E-state index contributed by atoms with van der Waals surface area (Å²) >= 11 is 5.35. The molecule has 0 fully saturated rings. The van der Waals surface area contributed by atoms with E-state index in [9.17, 15) is 4.79 Å². The number of carbonyl (C=O) groups excluding carboxylic acids is 1. The van der Waals surface area contributed by atoms with Crippen molar-refractivity contribution in [3.05, 3.63) is 57.9 Å². The highest BCUT2D eigenvalue weighted by Gasteiger charge is 2.22. The number of H-pyrrole nitrogens is 1. The van der Waals surface area contributed by atoms with Crippen molar-refractivity contribution in [3.63, 3.8) is 0 Å². The molecule has 31 heavy (non-hydrogen) atoms. The summed E-state index contributed by atoms with van der Waals surface area (Å²) in [6.45, 7) is 6.97. The van der Waals surface area contributed by atoms with Crippen molar-refractivity contribution in [3.8, 4) is 22.9 Å². The van der Waals surface area contributed by atoms with Crippen molar-refractivity contribution in [2.45, 2.75) is 46.4 Å². The van der Waals surface area contributed by atoms with Gasteiger partial charge in [0.25, 0.3) is 0 Å². The van der Waals surface area contributed by atoms with Crippen molar-refractivity contribution in [2.24, 2.45) is 0 Å². The summed E-state index contributed by atoms with van der Waals surface area (Å²) in [7, 11) is 0. The molecule has 0 spiro atoms. The fourth-order valence-electron chi connectivity index (χ4n) is 3.77. The number of hydrogen-bond acceptors (Lipinski definition) is 5. The second-order valence-electron chi connectivity index (χ2n) is 7.72. The number of carbonyl (C=O) groups is 1. The van der Waals surface area contributed by atoms with Crippen LogP contribution in [0.2, 0.25) is 0 Å². The predicted octanol–water partition coefficient (Wildman–Crippen LogP) is 3.95. The molecule has 0 saturated carbocycles. The third kappa shape index (κ3) is 4.64. The SMILES string of the molecule is CCOc1cc2c(cc1CNC(=O)Cn1c(-c3cccc(C)c3)n[nH]c1=S)O[C@H](C)C2. The van der Waals surface area contributed by atoms with Gasteiger partial charge in [0.2, 0.25) is 5.91 Å². The van der Waals surface area contributed by atoms with E-state index in [0.29, 0.717) is 23.7 Å². The minimum absolute atomic E-state index is 0.0705. The monoisotopic (exact) mass is 438 g/mol. The van der Waals surface area contributed by atoms with Crippen LogP contribution in [0, 0.1) is 11.7 Å². The maximum atomic E-state index is 12.7. The van der Waals surface area contributed by atoms with Crippen LogP contribution in [0.25, 0.3) is 11.4 Å². The molecule has 0 bridgehead atoms. The highest BCUT2D eigenvalue weighted by molar-refractivity contribution is 7.71. The van der Waals surface area contributed by atoms with E-state index >= 15 is 0 Å². The topological polar surface area (TPSA) is 81.2 Å². The zero-order valence-electron chi connectivity index (χ0n) is 17.9. The molecule has 2 N–H and O–H groups in total. The first-order chi connectivity index (χ1) is 14.9. The number of amides is 1. The molecule has 162 valence electrons. The van der Waals surface area contributed by atoms with Crippen LogP contribution in [-0.2, 0) is 24.3 Å². The van der Waals surface area contributed by atoms with Crippen LogP contribution >= 0.6 is 12.2 Å². The van der Waals surface area contributed by atoms with Gasteiger partial charge in [-0.1, -0.05) is 23.8 Å².